The second kappa shape index (κ2) is 9.08. The number of benzene rings is 2. The number of hydrogen-bond acceptors (Lipinski definition) is 3. The molecular formula is C19H20ClNO3. The Labute approximate surface area is 146 Å². The normalized spacial score (nSPS) is 11.6. The van der Waals surface area contributed by atoms with Crippen LogP contribution in [0.5, 0.6) is 0 Å². The van der Waals surface area contributed by atoms with Crippen LogP contribution in [0.15, 0.2) is 54.6 Å². The zero-order valence-electron chi connectivity index (χ0n) is 13.5. The molecule has 0 aliphatic heterocycles. The van der Waals surface area contributed by atoms with Crippen molar-refractivity contribution < 1.29 is 14.3 Å². The number of rotatable bonds is 7. The molecule has 0 saturated carbocycles. The van der Waals surface area contributed by atoms with Crippen LogP contribution in [0.25, 0.3) is 0 Å². The third kappa shape index (κ3) is 5.70. The minimum atomic E-state index is -0.709. The molecule has 4 nitrogen and oxygen atoms in total. The van der Waals surface area contributed by atoms with Crippen LogP contribution in [-0.4, -0.2) is 24.5 Å². The van der Waals surface area contributed by atoms with Crippen LogP contribution in [-0.2, 0) is 27.2 Å². The van der Waals surface area contributed by atoms with Crippen molar-refractivity contribution >= 4 is 23.5 Å². The number of nitrogens with one attached hydrogen (secondary N) is 1. The average molecular weight is 346 g/mol. The number of amides is 1. The fourth-order valence-corrected chi connectivity index (χ4v) is 2.58. The molecule has 0 fully saturated rings. The van der Waals surface area contributed by atoms with E-state index < -0.39 is 12.0 Å². The van der Waals surface area contributed by atoms with Crippen molar-refractivity contribution in [3.63, 3.8) is 0 Å². The Hall–Kier alpha value is -2.33. The zero-order valence-corrected chi connectivity index (χ0v) is 14.3. The largest absolute Gasteiger partial charge is 0.464 e. The van der Waals surface area contributed by atoms with Crippen LogP contribution in [0.3, 0.4) is 0 Å². The molecule has 0 aliphatic rings. The van der Waals surface area contributed by atoms with E-state index in [1.165, 1.54) is 0 Å². The Balaban J connectivity index is 2.03. The van der Waals surface area contributed by atoms with Gasteiger partial charge >= 0.3 is 5.97 Å². The predicted octanol–water partition coefficient (Wildman–Crippen LogP) is 3.17. The summed E-state index contributed by atoms with van der Waals surface area (Å²) in [6, 6.07) is 15.9. The standard InChI is InChI=1S/C19H20ClNO3/c1-2-24-19(23)17(12-14-7-4-3-5-8-14)21-18(22)13-15-9-6-10-16(20)11-15/h3-11,17H,2,12-13H2,1H3,(H,21,22)/t17-/m0/s1. The van der Waals surface area contributed by atoms with Crippen molar-refractivity contribution in [2.24, 2.45) is 0 Å². The Morgan fingerprint density at radius 2 is 1.79 bits per heavy atom. The molecule has 0 unspecified atom stereocenters. The van der Waals surface area contributed by atoms with E-state index in [-0.39, 0.29) is 18.9 Å². The van der Waals surface area contributed by atoms with Gasteiger partial charge in [0.05, 0.1) is 13.0 Å². The van der Waals surface area contributed by atoms with Gasteiger partial charge in [-0.2, -0.15) is 0 Å². The maximum Gasteiger partial charge on any atom is 0.328 e. The topological polar surface area (TPSA) is 55.4 Å². The van der Waals surface area contributed by atoms with Crippen LogP contribution in [0.4, 0.5) is 0 Å². The van der Waals surface area contributed by atoms with E-state index in [2.05, 4.69) is 5.32 Å². The van der Waals surface area contributed by atoms with E-state index in [0.29, 0.717) is 11.4 Å². The maximum atomic E-state index is 12.3. The van der Waals surface area contributed by atoms with Crippen LogP contribution in [0.1, 0.15) is 18.1 Å². The molecule has 0 heterocycles. The van der Waals surface area contributed by atoms with Crippen molar-refractivity contribution in [3.8, 4) is 0 Å². The van der Waals surface area contributed by atoms with Crippen molar-refractivity contribution in [2.75, 3.05) is 6.61 Å². The predicted molar refractivity (Wildman–Crippen MR) is 93.9 cm³/mol. The second-order valence-electron chi connectivity index (χ2n) is 5.37. The molecule has 0 spiro atoms. The number of ether oxygens (including phenoxy) is 1. The van der Waals surface area contributed by atoms with Gasteiger partial charge < -0.3 is 10.1 Å². The minimum absolute atomic E-state index is 0.158. The third-order valence-electron chi connectivity index (χ3n) is 3.44. The summed E-state index contributed by atoms with van der Waals surface area (Å²) in [6.45, 7) is 2.01. The first-order chi connectivity index (χ1) is 11.6. The fourth-order valence-electron chi connectivity index (χ4n) is 2.36. The highest BCUT2D eigenvalue weighted by molar-refractivity contribution is 6.30. The molecule has 0 aliphatic carbocycles. The molecular weight excluding hydrogens is 326 g/mol. The van der Waals surface area contributed by atoms with Gasteiger partial charge in [-0.25, -0.2) is 4.79 Å². The minimum Gasteiger partial charge on any atom is -0.464 e. The van der Waals surface area contributed by atoms with Gasteiger partial charge in [0.25, 0.3) is 0 Å². The zero-order chi connectivity index (χ0) is 17.4. The molecule has 0 saturated heterocycles. The first-order valence-electron chi connectivity index (χ1n) is 7.83. The van der Waals surface area contributed by atoms with Gasteiger partial charge in [0, 0.05) is 11.4 Å². The second-order valence-corrected chi connectivity index (χ2v) is 5.81. The molecule has 5 heteroatoms. The van der Waals surface area contributed by atoms with Gasteiger partial charge in [0.2, 0.25) is 5.91 Å². The first-order valence-corrected chi connectivity index (χ1v) is 8.20. The lowest BCUT2D eigenvalue weighted by atomic mass is 10.1. The summed E-state index contributed by atoms with van der Waals surface area (Å²) in [5.74, 6) is -0.674. The molecule has 2 rings (SSSR count). The number of carbonyl (C=O) groups excluding carboxylic acids is 2. The molecule has 0 radical (unpaired) electrons. The van der Waals surface area contributed by atoms with E-state index >= 15 is 0 Å². The fraction of sp³-hybridized carbons (Fsp3) is 0.263. The molecule has 0 aromatic heterocycles. The molecule has 126 valence electrons. The molecule has 1 amide bonds. The van der Waals surface area contributed by atoms with Gasteiger partial charge in [-0.3, -0.25) is 4.79 Å². The molecule has 0 bridgehead atoms. The summed E-state index contributed by atoms with van der Waals surface area (Å²) < 4.78 is 5.07. The van der Waals surface area contributed by atoms with E-state index in [4.69, 9.17) is 16.3 Å². The van der Waals surface area contributed by atoms with Crippen molar-refractivity contribution in [1.29, 1.82) is 0 Å². The number of carbonyl (C=O) groups is 2. The molecule has 2 aromatic carbocycles. The van der Waals surface area contributed by atoms with Gasteiger partial charge in [0.15, 0.2) is 0 Å². The average Bonchev–Trinajstić information content (AvgIpc) is 2.55. The van der Waals surface area contributed by atoms with Crippen LogP contribution >= 0.6 is 11.6 Å². The lowest BCUT2D eigenvalue weighted by molar-refractivity contribution is -0.147. The summed E-state index contributed by atoms with van der Waals surface area (Å²) in [5, 5.41) is 3.34. The summed E-state index contributed by atoms with van der Waals surface area (Å²) in [5.41, 5.74) is 1.75. The highest BCUT2D eigenvalue weighted by atomic mass is 35.5. The monoisotopic (exact) mass is 345 g/mol. The number of hydrogen-bond donors (Lipinski definition) is 1. The summed E-state index contributed by atoms with van der Waals surface area (Å²) in [4.78, 5) is 24.4. The van der Waals surface area contributed by atoms with E-state index in [1.807, 2.05) is 36.4 Å². The number of halogens is 1. The summed E-state index contributed by atoms with van der Waals surface area (Å²) in [7, 11) is 0. The lowest BCUT2D eigenvalue weighted by Gasteiger charge is -2.17. The van der Waals surface area contributed by atoms with E-state index in [0.717, 1.165) is 11.1 Å². The van der Waals surface area contributed by atoms with Crippen molar-refractivity contribution in [1.82, 2.24) is 5.32 Å². The summed E-state index contributed by atoms with van der Waals surface area (Å²) >= 11 is 5.93. The Kier molecular flexibility index (Phi) is 6.82. The van der Waals surface area contributed by atoms with Crippen molar-refractivity contribution in [3.05, 3.63) is 70.7 Å². The Morgan fingerprint density at radius 3 is 2.46 bits per heavy atom. The Bertz CT molecular complexity index is 688. The first kappa shape index (κ1) is 18.0. The van der Waals surface area contributed by atoms with E-state index in [9.17, 15) is 9.59 Å². The lowest BCUT2D eigenvalue weighted by Crippen LogP contribution is -2.44. The smallest absolute Gasteiger partial charge is 0.328 e. The summed E-state index contributed by atoms with van der Waals surface area (Å²) in [6.07, 6.45) is 0.548. The molecule has 2 aromatic rings. The van der Waals surface area contributed by atoms with Crippen LogP contribution in [0.2, 0.25) is 5.02 Å². The maximum absolute atomic E-state index is 12.3. The highest BCUT2D eigenvalue weighted by Crippen LogP contribution is 2.11. The van der Waals surface area contributed by atoms with Gasteiger partial charge in [0.1, 0.15) is 6.04 Å². The highest BCUT2D eigenvalue weighted by Gasteiger charge is 2.22. The quantitative estimate of drug-likeness (QED) is 0.784. The van der Waals surface area contributed by atoms with Crippen LogP contribution < -0.4 is 5.32 Å². The molecule has 1 atom stereocenters. The third-order valence-corrected chi connectivity index (χ3v) is 3.68. The van der Waals surface area contributed by atoms with Gasteiger partial charge in [-0.1, -0.05) is 54.1 Å². The number of esters is 1. The van der Waals surface area contributed by atoms with Crippen LogP contribution in [0, 0.1) is 0 Å². The van der Waals surface area contributed by atoms with Gasteiger partial charge in [-0.15, -0.1) is 0 Å². The molecule has 24 heavy (non-hydrogen) atoms. The Morgan fingerprint density at radius 1 is 1.08 bits per heavy atom. The van der Waals surface area contributed by atoms with Crippen molar-refractivity contribution in [2.45, 2.75) is 25.8 Å². The molecule has 1 N–H and O–H groups in total. The van der Waals surface area contributed by atoms with E-state index in [1.54, 1.807) is 25.1 Å². The van der Waals surface area contributed by atoms with Gasteiger partial charge in [-0.05, 0) is 30.2 Å². The SMILES string of the molecule is CCOC(=O)[C@H](Cc1ccccc1)NC(=O)Cc1cccc(Cl)c1.